The Hall–Kier alpha value is -2.36. The molecule has 0 N–H and O–H groups in total. The highest BCUT2D eigenvalue weighted by atomic mass is 19.1. The Morgan fingerprint density at radius 3 is 2.53 bits per heavy atom. The van der Waals surface area contributed by atoms with Crippen LogP contribution in [0.4, 0.5) is 8.78 Å². The first kappa shape index (κ1) is 11.7. The number of halogens is 2. The first-order chi connectivity index (χ1) is 9.13. The van der Waals surface area contributed by atoms with Crippen molar-refractivity contribution in [3.8, 4) is 11.4 Å². The van der Waals surface area contributed by atoms with Gasteiger partial charge in [-0.15, -0.1) is 0 Å². The summed E-state index contributed by atoms with van der Waals surface area (Å²) in [5.41, 5.74) is 2.42. The summed E-state index contributed by atoms with van der Waals surface area (Å²) in [7, 11) is 0. The molecule has 0 atom stereocenters. The van der Waals surface area contributed by atoms with Gasteiger partial charge in [-0.05, 0) is 36.8 Å². The number of fused-ring (bicyclic) bond motifs is 1. The smallest absolute Gasteiger partial charge is 0.126 e. The SMILES string of the molecule is Cc1cc2ccc(F)cc2nc1-c1cc(F)ccn1. The maximum absolute atomic E-state index is 13.2. The van der Waals surface area contributed by atoms with Gasteiger partial charge in [0.2, 0.25) is 0 Å². The van der Waals surface area contributed by atoms with E-state index in [0.29, 0.717) is 16.9 Å². The maximum atomic E-state index is 13.2. The van der Waals surface area contributed by atoms with E-state index in [-0.39, 0.29) is 11.6 Å². The third-order valence-corrected chi connectivity index (χ3v) is 2.93. The van der Waals surface area contributed by atoms with Gasteiger partial charge in [0.15, 0.2) is 0 Å². The number of hydrogen-bond donors (Lipinski definition) is 0. The fourth-order valence-corrected chi connectivity index (χ4v) is 2.04. The van der Waals surface area contributed by atoms with Crippen LogP contribution < -0.4 is 0 Å². The summed E-state index contributed by atoms with van der Waals surface area (Å²) in [6, 6.07) is 8.91. The van der Waals surface area contributed by atoms with E-state index < -0.39 is 0 Å². The van der Waals surface area contributed by atoms with Crippen LogP contribution >= 0.6 is 0 Å². The van der Waals surface area contributed by atoms with Gasteiger partial charge in [-0.25, -0.2) is 13.8 Å². The van der Waals surface area contributed by atoms with Crippen LogP contribution in [0.2, 0.25) is 0 Å². The first-order valence-electron chi connectivity index (χ1n) is 5.82. The predicted octanol–water partition coefficient (Wildman–Crippen LogP) is 3.88. The third-order valence-electron chi connectivity index (χ3n) is 2.93. The standard InChI is InChI=1S/C15H10F2N2/c1-9-6-10-2-3-11(16)7-13(10)19-15(9)14-8-12(17)4-5-18-14/h2-8H,1H3. The predicted molar refractivity (Wildman–Crippen MR) is 69.6 cm³/mol. The van der Waals surface area contributed by atoms with Crippen molar-refractivity contribution in [1.29, 1.82) is 0 Å². The molecule has 0 bridgehead atoms. The molecule has 2 heterocycles. The van der Waals surface area contributed by atoms with E-state index in [9.17, 15) is 8.78 Å². The summed E-state index contributed by atoms with van der Waals surface area (Å²) >= 11 is 0. The van der Waals surface area contributed by atoms with Crippen molar-refractivity contribution in [3.05, 3.63) is 59.8 Å². The third kappa shape index (κ3) is 2.17. The molecule has 94 valence electrons. The van der Waals surface area contributed by atoms with Crippen LogP contribution in [0.5, 0.6) is 0 Å². The van der Waals surface area contributed by atoms with Crippen LogP contribution in [0.15, 0.2) is 42.6 Å². The number of aryl methyl sites for hydroxylation is 1. The maximum Gasteiger partial charge on any atom is 0.126 e. The fraction of sp³-hybridized carbons (Fsp3) is 0.0667. The summed E-state index contributed by atoms with van der Waals surface area (Å²) < 4.78 is 26.5. The quantitative estimate of drug-likeness (QED) is 0.660. The van der Waals surface area contributed by atoms with Gasteiger partial charge in [0.25, 0.3) is 0 Å². The Kier molecular flexibility index (Phi) is 2.71. The van der Waals surface area contributed by atoms with E-state index in [1.165, 1.54) is 30.5 Å². The van der Waals surface area contributed by atoms with Crippen molar-refractivity contribution in [2.24, 2.45) is 0 Å². The van der Waals surface area contributed by atoms with Gasteiger partial charge < -0.3 is 0 Å². The molecule has 0 amide bonds. The first-order valence-corrected chi connectivity index (χ1v) is 5.82. The molecule has 0 unspecified atom stereocenters. The lowest BCUT2D eigenvalue weighted by molar-refractivity contribution is 0.626. The Balaban J connectivity index is 2.26. The molecular formula is C15H10F2N2. The summed E-state index contributed by atoms with van der Waals surface area (Å²) in [4.78, 5) is 8.48. The van der Waals surface area contributed by atoms with Gasteiger partial charge in [-0.1, -0.05) is 0 Å². The second-order valence-corrected chi connectivity index (χ2v) is 4.35. The van der Waals surface area contributed by atoms with Crippen LogP contribution in [-0.2, 0) is 0 Å². The second kappa shape index (κ2) is 4.39. The molecule has 2 aromatic heterocycles. The zero-order chi connectivity index (χ0) is 13.4. The lowest BCUT2D eigenvalue weighted by Crippen LogP contribution is -1.93. The number of rotatable bonds is 1. The van der Waals surface area contributed by atoms with Crippen molar-refractivity contribution in [2.45, 2.75) is 6.92 Å². The molecule has 19 heavy (non-hydrogen) atoms. The molecule has 0 spiro atoms. The summed E-state index contributed by atoms with van der Waals surface area (Å²) in [6.45, 7) is 1.87. The average Bonchev–Trinajstić information content (AvgIpc) is 2.38. The van der Waals surface area contributed by atoms with Crippen LogP contribution in [0.25, 0.3) is 22.3 Å². The number of nitrogens with zero attached hydrogens (tertiary/aromatic N) is 2. The lowest BCUT2D eigenvalue weighted by Gasteiger charge is -2.07. The highest BCUT2D eigenvalue weighted by molar-refractivity contribution is 5.82. The molecule has 2 nitrogen and oxygen atoms in total. The minimum absolute atomic E-state index is 0.345. The molecular weight excluding hydrogens is 246 g/mol. The minimum atomic E-state index is -0.370. The van der Waals surface area contributed by atoms with Crippen molar-refractivity contribution in [1.82, 2.24) is 9.97 Å². The van der Waals surface area contributed by atoms with Crippen LogP contribution in [0, 0.1) is 18.6 Å². The van der Waals surface area contributed by atoms with Crippen LogP contribution in [0.1, 0.15) is 5.56 Å². The largest absolute Gasteiger partial charge is 0.254 e. The topological polar surface area (TPSA) is 25.8 Å². The highest BCUT2D eigenvalue weighted by Gasteiger charge is 2.08. The minimum Gasteiger partial charge on any atom is -0.254 e. The van der Waals surface area contributed by atoms with E-state index in [4.69, 9.17) is 0 Å². The molecule has 0 fully saturated rings. The summed E-state index contributed by atoms with van der Waals surface area (Å²) in [5, 5.41) is 0.846. The summed E-state index contributed by atoms with van der Waals surface area (Å²) in [6.07, 6.45) is 1.39. The van der Waals surface area contributed by atoms with Gasteiger partial charge >= 0.3 is 0 Å². The molecule has 0 aliphatic heterocycles. The normalized spacial score (nSPS) is 10.9. The van der Waals surface area contributed by atoms with Gasteiger partial charge in [0.05, 0.1) is 16.9 Å². The molecule has 1 aromatic carbocycles. The molecule has 4 heteroatoms. The van der Waals surface area contributed by atoms with Crippen molar-refractivity contribution < 1.29 is 8.78 Å². The average molecular weight is 256 g/mol. The van der Waals surface area contributed by atoms with Gasteiger partial charge in [0.1, 0.15) is 11.6 Å². The highest BCUT2D eigenvalue weighted by Crippen LogP contribution is 2.24. The fourth-order valence-electron chi connectivity index (χ4n) is 2.04. The van der Waals surface area contributed by atoms with Crippen molar-refractivity contribution >= 4 is 10.9 Å². The molecule has 0 aliphatic carbocycles. The zero-order valence-electron chi connectivity index (χ0n) is 10.2. The summed E-state index contributed by atoms with van der Waals surface area (Å²) in [5.74, 6) is -0.715. The van der Waals surface area contributed by atoms with Crippen LogP contribution in [0.3, 0.4) is 0 Å². The molecule has 0 radical (unpaired) electrons. The molecule has 3 rings (SSSR count). The lowest BCUT2D eigenvalue weighted by atomic mass is 10.1. The Morgan fingerprint density at radius 1 is 0.947 bits per heavy atom. The second-order valence-electron chi connectivity index (χ2n) is 4.35. The Labute approximate surface area is 108 Å². The van der Waals surface area contributed by atoms with Crippen molar-refractivity contribution in [2.75, 3.05) is 0 Å². The molecule has 0 aliphatic rings. The van der Waals surface area contributed by atoms with Crippen molar-refractivity contribution in [3.63, 3.8) is 0 Å². The van der Waals surface area contributed by atoms with Gasteiger partial charge in [0, 0.05) is 23.7 Å². The van der Waals surface area contributed by atoms with E-state index in [1.54, 1.807) is 6.07 Å². The van der Waals surface area contributed by atoms with E-state index in [1.807, 2.05) is 13.0 Å². The van der Waals surface area contributed by atoms with E-state index in [0.717, 1.165) is 10.9 Å². The molecule has 3 aromatic rings. The van der Waals surface area contributed by atoms with E-state index in [2.05, 4.69) is 9.97 Å². The molecule has 0 saturated heterocycles. The number of benzene rings is 1. The Bertz CT molecular complexity index is 769. The van der Waals surface area contributed by atoms with Crippen LogP contribution in [-0.4, -0.2) is 9.97 Å². The number of aromatic nitrogens is 2. The van der Waals surface area contributed by atoms with Gasteiger partial charge in [-0.3, -0.25) is 4.98 Å². The van der Waals surface area contributed by atoms with E-state index >= 15 is 0 Å². The zero-order valence-corrected chi connectivity index (χ0v) is 10.2. The Morgan fingerprint density at radius 2 is 1.74 bits per heavy atom. The number of hydrogen-bond acceptors (Lipinski definition) is 2. The monoisotopic (exact) mass is 256 g/mol. The molecule has 0 saturated carbocycles. The van der Waals surface area contributed by atoms with Gasteiger partial charge in [-0.2, -0.15) is 0 Å². The number of pyridine rings is 2.